The van der Waals surface area contributed by atoms with E-state index < -0.39 is 5.41 Å². The van der Waals surface area contributed by atoms with Gasteiger partial charge in [-0.3, -0.25) is 9.59 Å². The molecular weight excluding hydrogens is 396 g/mol. The van der Waals surface area contributed by atoms with E-state index in [2.05, 4.69) is 18.0 Å². The molecule has 0 saturated carbocycles. The maximum Gasteiger partial charge on any atom is 0.243 e. The number of benzene rings is 1. The SMILES string of the molecule is C=CCN(CC(=O)N1CCc2sccc2[C@H]1c1ccc(OC)cc1)C(=O)C(C)(C)C. The molecule has 1 aromatic carbocycles. The summed E-state index contributed by atoms with van der Waals surface area (Å²) in [6.45, 7) is 10.4. The van der Waals surface area contributed by atoms with Gasteiger partial charge < -0.3 is 14.5 Å². The molecule has 2 aromatic rings. The Morgan fingerprint density at radius 2 is 1.97 bits per heavy atom. The van der Waals surface area contributed by atoms with E-state index in [-0.39, 0.29) is 24.4 Å². The molecule has 1 aromatic heterocycles. The highest BCUT2D eigenvalue weighted by Gasteiger charge is 2.35. The van der Waals surface area contributed by atoms with E-state index in [0.717, 1.165) is 17.7 Å². The first-order chi connectivity index (χ1) is 14.3. The molecule has 2 heterocycles. The fourth-order valence-corrected chi connectivity index (χ4v) is 4.74. The minimum atomic E-state index is -0.554. The summed E-state index contributed by atoms with van der Waals surface area (Å²) in [5.74, 6) is 0.683. The highest BCUT2D eigenvalue weighted by atomic mass is 32.1. The summed E-state index contributed by atoms with van der Waals surface area (Å²) in [5.41, 5.74) is 1.66. The lowest BCUT2D eigenvalue weighted by Gasteiger charge is -2.38. The van der Waals surface area contributed by atoms with Crippen LogP contribution in [0.2, 0.25) is 0 Å². The van der Waals surface area contributed by atoms with Crippen molar-refractivity contribution in [1.29, 1.82) is 0 Å². The lowest BCUT2D eigenvalue weighted by Crippen LogP contribution is -2.49. The van der Waals surface area contributed by atoms with E-state index in [1.165, 1.54) is 10.4 Å². The molecular formula is C24H30N2O3S. The summed E-state index contributed by atoms with van der Waals surface area (Å²) in [6, 6.07) is 9.82. The van der Waals surface area contributed by atoms with Crippen molar-refractivity contribution in [3.8, 4) is 5.75 Å². The Balaban J connectivity index is 1.90. The molecule has 0 bridgehead atoms. The molecule has 0 unspecified atom stereocenters. The maximum absolute atomic E-state index is 13.4. The average Bonchev–Trinajstić information content (AvgIpc) is 3.20. The van der Waals surface area contributed by atoms with E-state index in [1.807, 2.05) is 49.9 Å². The van der Waals surface area contributed by atoms with Crippen LogP contribution in [0.25, 0.3) is 0 Å². The molecule has 2 amide bonds. The zero-order chi connectivity index (χ0) is 21.9. The molecule has 160 valence electrons. The number of carbonyl (C=O) groups is 2. The van der Waals surface area contributed by atoms with Gasteiger partial charge >= 0.3 is 0 Å². The Bertz CT molecular complexity index is 911. The van der Waals surface area contributed by atoms with E-state index in [0.29, 0.717) is 13.1 Å². The van der Waals surface area contributed by atoms with E-state index in [9.17, 15) is 9.59 Å². The van der Waals surface area contributed by atoms with Gasteiger partial charge in [0.25, 0.3) is 0 Å². The number of amides is 2. The Morgan fingerprint density at radius 1 is 1.27 bits per heavy atom. The third-order valence-electron chi connectivity index (χ3n) is 5.32. The van der Waals surface area contributed by atoms with Gasteiger partial charge in [-0.2, -0.15) is 0 Å². The van der Waals surface area contributed by atoms with Crippen LogP contribution in [0.1, 0.15) is 42.8 Å². The molecule has 0 fully saturated rings. The summed E-state index contributed by atoms with van der Waals surface area (Å²) in [7, 11) is 1.64. The topological polar surface area (TPSA) is 49.9 Å². The highest BCUT2D eigenvalue weighted by molar-refractivity contribution is 7.10. The molecule has 0 N–H and O–H groups in total. The predicted molar refractivity (Wildman–Crippen MR) is 121 cm³/mol. The van der Waals surface area contributed by atoms with E-state index in [1.54, 1.807) is 29.4 Å². The number of thiophene rings is 1. The number of methoxy groups -OCH3 is 1. The van der Waals surface area contributed by atoms with Gasteiger partial charge in [0.15, 0.2) is 0 Å². The van der Waals surface area contributed by atoms with Crippen molar-refractivity contribution in [2.45, 2.75) is 33.2 Å². The molecule has 0 spiro atoms. The van der Waals surface area contributed by atoms with Crippen molar-refractivity contribution in [2.75, 3.05) is 26.7 Å². The van der Waals surface area contributed by atoms with Gasteiger partial charge in [0, 0.05) is 23.4 Å². The summed E-state index contributed by atoms with van der Waals surface area (Å²) in [5, 5.41) is 2.09. The molecule has 5 nitrogen and oxygen atoms in total. The summed E-state index contributed by atoms with van der Waals surface area (Å²) in [4.78, 5) is 31.1. The molecule has 30 heavy (non-hydrogen) atoms. The normalized spacial score (nSPS) is 16.0. The summed E-state index contributed by atoms with van der Waals surface area (Å²) >= 11 is 1.74. The fraction of sp³-hybridized carbons (Fsp3) is 0.417. The molecule has 6 heteroatoms. The van der Waals surface area contributed by atoms with Crippen molar-refractivity contribution in [3.63, 3.8) is 0 Å². The zero-order valence-corrected chi connectivity index (χ0v) is 19.0. The molecule has 1 atom stereocenters. The Morgan fingerprint density at radius 3 is 2.57 bits per heavy atom. The van der Waals surface area contributed by atoms with Crippen molar-refractivity contribution >= 4 is 23.2 Å². The third-order valence-corrected chi connectivity index (χ3v) is 6.32. The van der Waals surface area contributed by atoms with Gasteiger partial charge in [-0.15, -0.1) is 17.9 Å². The lowest BCUT2D eigenvalue weighted by atomic mass is 9.92. The van der Waals surface area contributed by atoms with Crippen molar-refractivity contribution in [1.82, 2.24) is 9.80 Å². The van der Waals surface area contributed by atoms with Crippen LogP contribution in [0.15, 0.2) is 48.4 Å². The lowest BCUT2D eigenvalue weighted by molar-refractivity contribution is -0.145. The van der Waals surface area contributed by atoms with Crippen LogP contribution in [-0.4, -0.2) is 48.4 Å². The zero-order valence-electron chi connectivity index (χ0n) is 18.2. The van der Waals surface area contributed by atoms with Gasteiger partial charge in [-0.1, -0.05) is 39.0 Å². The number of fused-ring (bicyclic) bond motifs is 1. The molecule has 0 aliphatic carbocycles. The Kier molecular flexibility index (Phi) is 6.66. The second-order valence-corrected chi connectivity index (χ2v) is 9.54. The number of ether oxygens (including phenoxy) is 1. The number of hydrogen-bond donors (Lipinski definition) is 0. The second kappa shape index (κ2) is 9.04. The maximum atomic E-state index is 13.4. The van der Waals surface area contributed by atoms with Crippen LogP contribution in [0.3, 0.4) is 0 Å². The Labute approximate surface area is 182 Å². The highest BCUT2D eigenvalue weighted by Crippen LogP contribution is 2.38. The summed E-state index contributed by atoms with van der Waals surface area (Å²) < 4.78 is 5.29. The van der Waals surface area contributed by atoms with Crippen LogP contribution in [0, 0.1) is 5.41 Å². The van der Waals surface area contributed by atoms with Crippen LogP contribution >= 0.6 is 11.3 Å². The van der Waals surface area contributed by atoms with Crippen LogP contribution in [0.4, 0.5) is 0 Å². The quantitative estimate of drug-likeness (QED) is 0.648. The van der Waals surface area contributed by atoms with Gasteiger partial charge in [-0.05, 0) is 41.1 Å². The summed E-state index contributed by atoms with van der Waals surface area (Å²) in [6.07, 6.45) is 2.51. The number of hydrogen-bond acceptors (Lipinski definition) is 4. The fourth-order valence-electron chi connectivity index (χ4n) is 3.83. The van der Waals surface area contributed by atoms with Crippen molar-refractivity contribution in [2.24, 2.45) is 5.41 Å². The Hall–Kier alpha value is -2.60. The first-order valence-electron chi connectivity index (χ1n) is 10.2. The molecule has 3 rings (SSSR count). The van der Waals surface area contributed by atoms with Gasteiger partial charge in [-0.25, -0.2) is 0 Å². The van der Waals surface area contributed by atoms with Crippen LogP contribution in [-0.2, 0) is 16.0 Å². The first kappa shape index (κ1) is 22.1. The molecule has 0 radical (unpaired) electrons. The molecule has 0 saturated heterocycles. The molecule has 1 aliphatic rings. The number of carbonyl (C=O) groups excluding carboxylic acids is 2. The predicted octanol–water partition coefficient (Wildman–Crippen LogP) is 4.29. The van der Waals surface area contributed by atoms with Gasteiger partial charge in [0.05, 0.1) is 13.2 Å². The number of nitrogens with zero attached hydrogens (tertiary/aromatic N) is 2. The van der Waals surface area contributed by atoms with Crippen molar-refractivity contribution < 1.29 is 14.3 Å². The van der Waals surface area contributed by atoms with E-state index >= 15 is 0 Å². The number of rotatable bonds is 6. The van der Waals surface area contributed by atoms with Gasteiger partial charge in [0.1, 0.15) is 12.3 Å². The molecule has 1 aliphatic heterocycles. The largest absolute Gasteiger partial charge is 0.497 e. The smallest absolute Gasteiger partial charge is 0.243 e. The van der Waals surface area contributed by atoms with Gasteiger partial charge in [0.2, 0.25) is 11.8 Å². The standard InChI is InChI=1S/C24H30N2O3S/c1-6-13-25(23(28)24(2,3)4)16-21(27)26-14-11-20-19(12-15-30-20)22(26)17-7-9-18(29-5)10-8-17/h6-10,12,15,22H,1,11,13-14,16H2,2-5H3/t22-/m1/s1. The van der Waals surface area contributed by atoms with Crippen molar-refractivity contribution in [3.05, 3.63) is 64.4 Å². The third kappa shape index (κ3) is 4.59. The monoisotopic (exact) mass is 426 g/mol. The first-order valence-corrected chi connectivity index (χ1v) is 11.0. The minimum absolute atomic E-state index is 0.0490. The van der Waals surface area contributed by atoms with Crippen LogP contribution < -0.4 is 4.74 Å². The van der Waals surface area contributed by atoms with Crippen LogP contribution in [0.5, 0.6) is 5.75 Å². The average molecular weight is 427 g/mol. The van der Waals surface area contributed by atoms with E-state index in [4.69, 9.17) is 4.74 Å². The second-order valence-electron chi connectivity index (χ2n) is 8.54. The minimum Gasteiger partial charge on any atom is -0.497 e.